The topological polar surface area (TPSA) is 51.7 Å². The normalized spacial score (nSPS) is 19.0. The Balaban J connectivity index is 2.08. The van der Waals surface area contributed by atoms with E-state index < -0.39 is 17.6 Å². The molecule has 9 heteroatoms. The van der Waals surface area contributed by atoms with Gasteiger partial charge in [0.05, 0.1) is 36.5 Å². The molecule has 0 spiro atoms. The van der Waals surface area contributed by atoms with Crippen LogP contribution in [0.3, 0.4) is 0 Å². The van der Waals surface area contributed by atoms with Gasteiger partial charge in [-0.25, -0.2) is 4.98 Å². The number of pyridine rings is 1. The van der Waals surface area contributed by atoms with E-state index in [0.717, 1.165) is 0 Å². The number of halogens is 4. The maximum Gasteiger partial charge on any atom is 0.417 e. The summed E-state index contributed by atoms with van der Waals surface area (Å²) in [7, 11) is 1.50. The van der Waals surface area contributed by atoms with Crippen molar-refractivity contribution in [3.05, 3.63) is 28.5 Å². The molecule has 0 saturated carbocycles. The van der Waals surface area contributed by atoms with E-state index in [1.54, 1.807) is 0 Å². The Morgan fingerprint density at radius 3 is 2.77 bits per heavy atom. The van der Waals surface area contributed by atoms with Crippen LogP contribution < -0.4 is 0 Å². The number of hydrogen-bond acceptors (Lipinski definition) is 4. The van der Waals surface area contributed by atoms with Gasteiger partial charge in [0, 0.05) is 19.8 Å². The van der Waals surface area contributed by atoms with E-state index in [0.29, 0.717) is 32.1 Å². The first-order valence-electron chi connectivity index (χ1n) is 6.46. The molecular formula is C13H14ClF3N2O3. The van der Waals surface area contributed by atoms with Crippen LogP contribution in [0.1, 0.15) is 16.1 Å². The van der Waals surface area contributed by atoms with Crippen LogP contribution in [-0.4, -0.2) is 55.3 Å². The Bertz CT molecular complexity index is 548. The van der Waals surface area contributed by atoms with Crippen molar-refractivity contribution in [2.75, 3.05) is 33.4 Å². The van der Waals surface area contributed by atoms with Crippen molar-refractivity contribution in [1.82, 2.24) is 9.88 Å². The molecule has 2 heterocycles. The second-order valence-corrected chi connectivity index (χ2v) is 5.21. The summed E-state index contributed by atoms with van der Waals surface area (Å²) < 4.78 is 48.3. The molecule has 0 N–H and O–H groups in total. The molecule has 0 radical (unpaired) electrons. The monoisotopic (exact) mass is 338 g/mol. The number of amides is 1. The minimum atomic E-state index is -4.56. The van der Waals surface area contributed by atoms with Crippen LogP contribution in [0.5, 0.6) is 0 Å². The molecule has 1 aliphatic rings. The van der Waals surface area contributed by atoms with E-state index >= 15 is 0 Å². The molecule has 2 rings (SSSR count). The summed E-state index contributed by atoms with van der Waals surface area (Å²) in [6.07, 6.45) is -4.25. The van der Waals surface area contributed by atoms with Gasteiger partial charge in [0.25, 0.3) is 5.91 Å². The highest BCUT2D eigenvalue weighted by Gasteiger charge is 2.32. The molecule has 1 unspecified atom stereocenters. The van der Waals surface area contributed by atoms with Crippen molar-refractivity contribution in [2.45, 2.75) is 12.3 Å². The van der Waals surface area contributed by atoms with Gasteiger partial charge in [-0.15, -0.1) is 0 Å². The van der Waals surface area contributed by atoms with Gasteiger partial charge in [-0.2, -0.15) is 13.2 Å². The number of aromatic nitrogens is 1. The minimum Gasteiger partial charge on any atom is -0.376 e. The Hall–Kier alpha value is -1.38. The van der Waals surface area contributed by atoms with Crippen molar-refractivity contribution in [1.29, 1.82) is 0 Å². The molecule has 0 aromatic carbocycles. The highest BCUT2D eigenvalue weighted by Crippen LogP contribution is 2.31. The molecule has 1 aliphatic heterocycles. The van der Waals surface area contributed by atoms with Crippen LogP contribution in [0.25, 0.3) is 0 Å². The third-order valence-electron chi connectivity index (χ3n) is 3.08. The number of alkyl halides is 3. The number of nitrogens with zero attached hydrogens (tertiary/aromatic N) is 2. The van der Waals surface area contributed by atoms with Gasteiger partial charge >= 0.3 is 6.18 Å². The molecule has 1 fully saturated rings. The average molecular weight is 339 g/mol. The zero-order chi connectivity index (χ0) is 16.3. The van der Waals surface area contributed by atoms with E-state index in [9.17, 15) is 18.0 Å². The molecule has 0 aliphatic carbocycles. The molecule has 0 bridgehead atoms. The molecule has 1 saturated heterocycles. The zero-order valence-corrected chi connectivity index (χ0v) is 12.4. The van der Waals surface area contributed by atoms with Crippen molar-refractivity contribution in [3.8, 4) is 0 Å². The first-order valence-corrected chi connectivity index (χ1v) is 6.84. The fraction of sp³-hybridized carbons (Fsp3) is 0.538. The van der Waals surface area contributed by atoms with Gasteiger partial charge in [-0.05, 0) is 6.07 Å². The standard InChI is InChI=1S/C13H14ClF3N2O3/c1-19(6-9-7-21-2-3-22-9)12(20)11-10(14)4-8(5-18-11)13(15,16)17/h4-5,9H,2-3,6-7H2,1H3. The van der Waals surface area contributed by atoms with Gasteiger partial charge in [0.2, 0.25) is 0 Å². The number of likely N-dealkylation sites (N-methyl/N-ethyl adjacent to an activating group) is 1. The van der Waals surface area contributed by atoms with Crippen LogP contribution >= 0.6 is 11.6 Å². The Kier molecular flexibility index (Phi) is 5.25. The Labute approximate surface area is 130 Å². The fourth-order valence-electron chi connectivity index (χ4n) is 1.96. The molecule has 22 heavy (non-hydrogen) atoms. The van der Waals surface area contributed by atoms with Crippen LogP contribution in [-0.2, 0) is 15.7 Å². The second-order valence-electron chi connectivity index (χ2n) is 4.81. The lowest BCUT2D eigenvalue weighted by atomic mass is 10.2. The number of ether oxygens (including phenoxy) is 2. The van der Waals surface area contributed by atoms with Gasteiger partial charge < -0.3 is 14.4 Å². The lowest BCUT2D eigenvalue weighted by molar-refractivity contribution is -0.137. The summed E-state index contributed by atoms with van der Waals surface area (Å²) in [4.78, 5) is 17.0. The zero-order valence-electron chi connectivity index (χ0n) is 11.7. The summed E-state index contributed by atoms with van der Waals surface area (Å²) >= 11 is 5.75. The molecule has 1 amide bonds. The quantitative estimate of drug-likeness (QED) is 0.848. The number of carbonyl (C=O) groups is 1. The average Bonchev–Trinajstić information content (AvgIpc) is 2.46. The van der Waals surface area contributed by atoms with E-state index in [-0.39, 0.29) is 23.4 Å². The summed E-state index contributed by atoms with van der Waals surface area (Å²) in [5.74, 6) is -0.576. The highest BCUT2D eigenvalue weighted by atomic mass is 35.5. The summed E-state index contributed by atoms with van der Waals surface area (Å²) in [5, 5.41) is -0.340. The van der Waals surface area contributed by atoms with Crippen LogP contribution in [0.15, 0.2) is 12.3 Å². The third kappa shape index (κ3) is 4.08. The summed E-state index contributed by atoms with van der Waals surface area (Å²) in [6.45, 7) is 1.52. The Morgan fingerprint density at radius 2 is 2.23 bits per heavy atom. The van der Waals surface area contributed by atoms with E-state index in [1.807, 2.05) is 0 Å². The molecular weight excluding hydrogens is 325 g/mol. The highest BCUT2D eigenvalue weighted by molar-refractivity contribution is 6.33. The van der Waals surface area contributed by atoms with Crippen molar-refractivity contribution >= 4 is 17.5 Å². The smallest absolute Gasteiger partial charge is 0.376 e. The van der Waals surface area contributed by atoms with Gasteiger partial charge in [0.15, 0.2) is 0 Å². The molecule has 122 valence electrons. The van der Waals surface area contributed by atoms with Crippen LogP contribution in [0.2, 0.25) is 5.02 Å². The lowest BCUT2D eigenvalue weighted by Crippen LogP contribution is -2.41. The summed E-state index contributed by atoms with van der Waals surface area (Å²) in [5.41, 5.74) is -1.23. The first kappa shape index (κ1) is 17.0. The number of rotatable bonds is 3. The van der Waals surface area contributed by atoms with E-state index in [4.69, 9.17) is 21.1 Å². The van der Waals surface area contributed by atoms with Crippen LogP contribution in [0, 0.1) is 0 Å². The maximum atomic E-state index is 12.5. The van der Waals surface area contributed by atoms with Gasteiger partial charge in [0.1, 0.15) is 5.69 Å². The lowest BCUT2D eigenvalue weighted by Gasteiger charge is -2.27. The van der Waals surface area contributed by atoms with Crippen molar-refractivity contribution in [2.24, 2.45) is 0 Å². The van der Waals surface area contributed by atoms with Gasteiger partial charge in [-0.3, -0.25) is 4.79 Å². The second kappa shape index (κ2) is 6.80. The first-order chi connectivity index (χ1) is 10.3. The van der Waals surface area contributed by atoms with Crippen LogP contribution in [0.4, 0.5) is 13.2 Å². The fourth-order valence-corrected chi connectivity index (χ4v) is 2.21. The molecule has 1 atom stereocenters. The molecule has 5 nitrogen and oxygen atoms in total. The summed E-state index contributed by atoms with van der Waals surface area (Å²) in [6, 6.07) is 0.690. The van der Waals surface area contributed by atoms with Gasteiger partial charge in [-0.1, -0.05) is 11.6 Å². The predicted octanol–water partition coefficient (Wildman–Crippen LogP) is 2.24. The largest absolute Gasteiger partial charge is 0.417 e. The minimum absolute atomic E-state index is 0.228. The molecule has 1 aromatic heterocycles. The number of carbonyl (C=O) groups excluding carboxylic acids is 1. The Morgan fingerprint density at radius 1 is 1.50 bits per heavy atom. The van der Waals surface area contributed by atoms with Crippen molar-refractivity contribution < 1.29 is 27.4 Å². The SMILES string of the molecule is CN(CC1COCCO1)C(=O)c1ncc(C(F)(F)F)cc1Cl. The van der Waals surface area contributed by atoms with Crippen molar-refractivity contribution in [3.63, 3.8) is 0 Å². The van der Waals surface area contributed by atoms with E-state index in [1.165, 1.54) is 11.9 Å². The maximum absolute atomic E-state index is 12.5. The molecule has 1 aromatic rings. The third-order valence-corrected chi connectivity index (χ3v) is 3.37. The predicted molar refractivity (Wildman–Crippen MR) is 71.8 cm³/mol. The van der Waals surface area contributed by atoms with E-state index in [2.05, 4.69) is 4.98 Å². The number of hydrogen-bond donors (Lipinski definition) is 0.